The monoisotopic (exact) mass is 300 g/mol. The first-order valence-electron chi connectivity index (χ1n) is 5.62. The van der Waals surface area contributed by atoms with E-state index in [0.29, 0.717) is 24.7 Å². The topological polar surface area (TPSA) is 35.5 Å². The molecule has 5 heteroatoms. The van der Waals surface area contributed by atoms with E-state index in [4.69, 9.17) is 9.05 Å². The number of alkyl halides is 1. The van der Waals surface area contributed by atoms with E-state index >= 15 is 0 Å². The van der Waals surface area contributed by atoms with E-state index in [9.17, 15) is 4.57 Å². The molecule has 0 spiro atoms. The summed E-state index contributed by atoms with van der Waals surface area (Å²) in [4.78, 5) is 0. The molecule has 15 heavy (non-hydrogen) atoms. The Hall–Kier alpha value is 0.630. The molecule has 0 saturated carbocycles. The zero-order valence-corrected chi connectivity index (χ0v) is 12.2. The molecule has 0 aliphatic rings. The van der Waals surface area contributed by atoms with Crippen molar-refractivity contribution < 1.29 is 13.6 Å². The zero-order chi connectivity index (χ0) is 11.6. The Morgan fingerprint density at radius 2 is 1.53 bits per heavy atom. The normalized spacial score (nSPS) is 11.9. The second-order valence-corrected chi connectivity index (χ2v) is 6.38. The van der Waals surface area contributed by atoms with Crippen LogP contribution in [-0.4, -0.2) is 24.7 Å². The van der Waals surface area contributed by atoms with Crippen LogP contribution in [0.3, 0.4) is 0 Å². The third-order valence-electron chi connectivity index (χ3n) is 1.93. The van der Waals surface area contributed by atoms with E-state index in [2.05, 4.69) is 29.8 Å². The van der Waals surface area contributed by atoms with Crippen LogP contribution in [0.15, 0.2) is 0 Å². The van der Waals surface area contributed by atoms with Crippen LogP contribution in [0.2, 0.25) is 0 Å². The van der Waals surface area contributed by atoms with Crippen LogP contribution in [0.4, 0.5) is 0 Å². The predicted molar refractivity (Wildman–Crippen MR) is 68.0 cm³/mol. The highest BCUT2D eigenvalue weighted by Crippen LogP contribution is 2.48. The average molecular weight is 301 g/mol. The standard InChI is InChI=1S/C10H22BrO3P/c1-3-5-8-13-15(12,10-7-11)14-9-6-4-2/h3-10H2,1-2H3. The molecule has 0 amide bonds. The zero-order valence-electron chi connectivity index (χ0n) is 9.71. The van der Waals surface area contributed by atoms with Crippen molar-refractivity contribution in [3.63, 3.8) is 0 Å². The Kier molecular flexibility index (Phi) is 10.2. The van der Waals surface area contributed by atoms with Crippen molar-refractivity contribution >= 4 is 23.5 Å². The molecular formula is C10H22BrO3P. The van der Waals surface area contributed by atoms with Crippen molar-refractivity contribution in [2.24, 2.45) is 0 Å². The average Bonchev–Trinajstić information content (AvgIpc) is 2.19. The lowest BCUT2D eigenvalue weighted by Gasteiger charge is -2.17. The third kappa shape index (κ3) is 8.44. The van der Waals surface area contributed by atoms with E-state index in [1.807, 2.05) is 0 Å². The van der Waals surface area contributed by atoms with E-state index in [1.54, 1.807) is 0 Å². The molecule has 0 saturated heterocycles. The minimum atomic E-state index is -2.83. The predicted octanol–water partition coefficient (Wildman–Crippen LogP) is 4.21. The van der Waals surface area contributed by atoms with Gasteiger partial charge in [0.15, 0.2) is 0 Å². The Labute approximate surface area is 102 Å². The number of hydrogen-bond donors (Lipinski definition) is 0. The van der Waals surface area contributed by atoms with Gasteiger partial charge in [0.05, 0.1) is 19.4 Å². The van der Waals surface area contributed by atoms with E-state index < -0.39 is 7.60 Å². The smallest absolute Gasteiger partial charge is 0.309 e. The maximum Gasteiger partial charge on any atom is 0.331 e. The molecule has 0 radical (unpaired) electrons. The van der Waals surface area contributed by atoms with Gasteiger partial charge in [0.25, 0.3) is 0 Å². The summed E-state index contributed by atoms with van der Waals surface area (Å²) in [5.74, 6) is 0. The Bertz CT molecular complexity index is 174. The summed E-state index contributed by atoms with van der Waals surface area (Å²) in [6.07, 6.45) is 4.42. The summed E-state index contributed by atoms with van der Waals surface area (Å²) in [5.41, 5.74) is 0. The molecule has 0 N–H and O–H groups in total. The van der Waals surface area contributed by atoms with Gasteiger partial charge in [-0.05, 0) is 12.8 Å². The molecule has 0 aromatic rings. The lowest BCUT2D eigenvalue weighted by atomic mass is 10.4. The SMILES string of the molecule is CCCCOP(=O)(CCBr)OCCCC. The van der Waals surface area contributed by atoms with Crippen LogP contribution in [0.5, 0.6) is 0 Å². The molecule has 0 unspecified atom stereocenters. The second-order valence-electron chi connectivity index (χ2n) is 3.40. The molecule has 0 bridgehead atoms. The van der Waals surface area contributed by atoms with E-state index in [-0.39, 0.29) is 0 Å². The van der Waals surface area contributed by atoms with Crippen molar-refractivity contribution in [2.75, 3.05) is 24.7 Å². The summed E-state index contributed by atoms with van der Waals surface area (Å²) in [5, 5.41) is 0.655. The number of halogens is 1. The molecule has 0 aliphatic heterocycles. The van der Waals surface area contributed by atoms with Gasteiger partial charge < -0.3 is 9.05 Å². The molecular weight excluding hydrogens is 279 g/mol. The lowest BCUT2D eigenvalue weighted by molar-refractivity contribution is 0.201. The Morgan fingerprint density at radius 1 is 1.07 bits per heavy atom. The number of rotatable bonds is 10. The fraction of sp³-hybridized carbons (Fsp3) is 1.00. The Balaban J connectivity index is 3.89. The summed E-state index contributed by atoms with van der Waals surface area (Å²) >= 11 is 3.27. The molecule has 0 heterocycles. The summed E-state index contributed by atoms with van der Waals surface area (Å²) < 4.78 is 22.8. The first kappa shape index (κ1) is 15.6. The molecule has 0 aromatic carbocycles. The number of hydrogen-bond acceptors (Lipinski definition) is 3. The second kappa shape index (κ2) is 9.83. The van der Waals surface area contributed by atoms with Crippen molar-refractivity contribution in [1.29, 1.82) is 0 Å². The summed E-state index contributed by atoms with van der Waals surface area (Å²) in [7, 11) is -2.83. The van der Waals surface area contributed by atoms with Gasteiger partial charge >= 0.3 is 7.60 Å². The largest absolute Gasteiger partial charge is 0.331 e. The van der Waals surface area contributed by atoms with Crippen LogP contribution < -0.4 is 0 Å². The molecule has 0 aromatic heterocycles. The van der Waals surface area contributed by atoms with Gasteiger partial charge in [-0.1, -0.05) is 42.6 Å². The molecule has 0 aliphatic carbocycles. The highest BCUT2D eigenvalue weighted by Gasteiger charge is 2.22. The van der Waals surface area contributed by atoms with Gasteiger partial charge in [-0.25, -0.2) is 0 Å². The first-order chi connectivity index (χ1) is 7.18. The van der Waals surface area contributed by atoms with Crippen LogP contribution in [-0.2, 0) is 13.6 Å². The van der Waals surface area contributed by atoms with Crippen LogP contribution >= 0.6 is 23.5 Å². The Morgan fingerprint density at radius 3 is 1.87 bits per heavy atom. The molecule has 92 valence electrons. The summed E-state index contributed by atoms with van der Waals surface area (Å²) in [6, 6.07) is 0. The maximum atomic E-state index is 12.1. The maximum absolute atomic E-state index is 12.1. The van der Waals surface area contributed by atoms with E-state index in [0.717, 1.165) is 25.7 Å². The quantitative estimate of drug-likeness (QED) is 0.344. The minimum Gasteiger partial charge on any atom is -0.309 e. The third-order valence-corrected chi connectivity index (χ3v) is 4.86. The van der Waals surface area contributed by atoms with Crippen molar-refractivity contribution in [2.45, 2.75) is 39.5 Å². The molecule has 0 atom stereocenters. The number of unbranched alkanes of at least 4 members (excludes halogenated alkanes) is 2. The van der Waals surface area contributed by atoms with Gasteiger partial charge in [0.1, 0.15) is 0 Å². The fourth-order valence-electron chi connectivity index (χ4n) is 0.966. The minimum absolute atomic E-state index is 0.459. The lowest BCUT2D eigenvalue weighted by Crippen LogP contribution is -2.03. The van der Waals surface area contributed by atoms with Crippen LogP contribution in [0.25, 0.3) is 0 Å². The first-order valence-corrected chi connectivity index (χ1v) is 8.47. The van der Waals surface area contributed by atoms with Gasteiger partial charge in [0, 0.05) is 5.33 Å². The summed E-state index contributed by atoms with van der Waals surface area (Å²) in [6.45, 7) is 5.23. The van der Waals surface area contributed by atoms with Crippen LogP contribution in [0, 0.1) is 0 Å². The molecule has 3 nitrogen and oxygen atoms in total. The van der Waals surface area contributed by atoms with E-state index in [1.165, 1.54) is 0 Å². The highest BCUT2D eigenvalue weighted by atomic mass is 79.9. The van der Waals surface area contributed by atoms with Crippen molar-refractivity contribution in [3.8, 4) is 0 Å². The van der Waals surface area contributed by atoms with Crippen LogP contribution in [0.1, 0.15) is 39.5 Å². The molecule has 0 fully saturated rings. The van der Waals surface area contributed by atoms with Gasteiger partial charge in [0.2, 0.25) is 0 Å². The highest BCUT2D eigenvalue weighted by molar-refractivity contribution is 9.09. The van der Waals surface area contributed by atoms with Crippen molar-refractivity contribution in [1.82, 2.24) is 0 Å². The van der Waals surface area contributed by atoms with Gasteiger partial charge in [-0.2, -0.15) is 0 Å². The van der Waals surface area contributed by atoms with Gasteiger partial charge in [-0.3, -0.25) is 4.57 Å². The fourth-order valence-corrected chi connectivity index (χ4v) is 3.62. The molecule has 0 rings (SSSR count). The van der Waals surface area contributed by atoms with Crippen molar-refractivity contribution in [3.05, 3.63) is 0 Å². The van der Waals surface area contributed by atoms with Gasteiger partial charge in [-0.15, -0.1) is 0 Å².